The molecule has 0 aromatic heterocycles. The number of rotatable bonds is 3. The van der Waals surface area contributed by atoms with Crippen LogP contribution in [0.1, 0.15) is 38.5 Å². The van der Waals surface area contributed by atoms with Crippen LogP contribution in [0, 0.1) is 11.8 Å². The van der Waals surface area contributed by atoms with Crippen LogP contribution in [0.3, 0.4) is 0 Å². The molecule has 0 atom stereocenters. The Bertz CT molecular complexity index is 413. The Kier molecular flexibility index (Phi) is 4.99. The number of carbonyl (C=O) groups excluding carboxylic acids is 1. The minimum atomic E-state index is -2.24. The molecular weight excluding hydrogens is 307 g/mol. The molecule has 0 radical (unpaired) electrons. The summed E-state index contributed by atoms with van der Waals surface area (Å²) in [4.78, 5) is 11.8. The molecule has 0 spiro atoms. The molecule has 0 aromatic rings. The van der Waals surface area contributed by atoms with Crippen LogP contribution in [-0.4, -0.2) is 15.4 Å². The standard InChI is InChI=1S/C14H17Cl3O2/c15-12-7-5-10(6-8-12)9-1-3-11(4-2-9)13(18)14(16,17)19/h5,7,9,11,19H,1-4,6,8H2. The fraction of sp³-hybridized carbons (Fsp3) is 0.643. The smallest absolute Gasteiger partial charge is 0.275 e. The number of hydrogen-bond acceptors (Lipinski definition) is 2. The minimum Gasteiger partial charge on any atom is -0.357 e. The fourth-order valence-electron chi connectivity index (χ4n) is 2.94. The Hall–Kier alpha value is -0.0200. The molecule has 1 N–H and O–H groups in total. The molecule has 5 heteroatoms. The molecule has 2 rings (SSSR count). The number of aliphatic hydroxyl groups is 1. The van der Waals surface area contributed by atoms with Gasteiger partial charge < -0.3 is 5.11 Å². The second-order valence-electron chi connectivity index (χ2n) is 5.31. The Morgan fingerprint density at radius 2 is 1.79 bits per heavy atom. The normalized spacial score (nSPS) is 28.6. The van der Waals surface area contributed by atoms with Crippen LogP contribution in [-0.2, 0) is 4.79 Å². The van der Waals surface area contributed by atoms with Crippen molar-refractivity contribution in [3.05, 3.63) is 22.8 Å². The van der Waals surface area contributed by atoms with Crippen LogP contribution in [0.2, 0.25) is 0 Å². The maximum Gasteiger partial charge on any atom is 0.275 e. The van der Waals surface area contributed by atoms with Gasteiger partial charge in [-0.3, -0.25) is 4.79 Å². The monoisotopic (exact) mass is 322 g/mol. The van der Waals surface area contributed by atoms with Crippen LogP contribution in [0.15, 0.2) is 22.8 Å². The highest BCUT2D eigenvalue weighted by molar-refractivity contribution is 6.56. The fourth-order valence-corrected chi connectivity index (χ4v) is 3.41. The second kappa shape index (κ2) is 6.17. The molecule has 19 heavy (non-hydrogen) atoms. The van der Waals surface area contributed by atoms with Crippen molar-refractivity contribution in [1.82, 2.24) is 0 Å². The lowest BCUT2D eigenvalue weighted by Crippen LogP contribution is -2.34. The zero-order chi connectivity index (χ0) is 14.0. The van der Waals surface area contributed by atoms with Crippen LogP contribution >= 0.6 is 34.8 Å². The number of halogens is 3. The number of alkyl halides is 2. The molecule has 0 bridgehead atoms. The van der Waals surface area contributed by atoms with E-state index in [1.54, 1.807) is 0 Å². The quantitative estimate of drug-likeness (QED) is 0.785. The third kappa shape index (κ3) is 3.98. The number of ketones is 1. The van der Waals surface area contributed by atoms with Gasteiger partial charge in [0.1, 0.15) is 0 Å². The Balaban J connectivity index is 1.91. The van der Waals surface area contributed by atoms with E-state index in [2.05, 4.69) is 6.08 Å². The molecule has 0 unspecified atom stereocenters. The first-order valence-electron chi connectivity index (χ1n) is 6.57. The predicted molar refractivity (Wildman–Crippen MR) is 78.4 cm³/mol. The topological polar surface area (TPSA) is 37.3 Å². The lowest BCUT2D eigenvalue weighted by molar-refractivity contribution is -0.130. The van der Waals surface area contributed by atoms with E-state index >= 15 is 0 Å². The van der Waals surface area contributed by atoms with Crippen molar-refractivity contribution < 1.29 is 9.90 Å². The molecule has 0 saturated heterocycles. The van der Waals surface area contributed by atoms with Crippen molar-refractivity contribution >= 4 is 40.6 Å². The van der Waals surface area contributed by atoms with Gasteiger partial charge in [-0.1, -0.05) is 46.5 Å². The number of hydrogen-bond donors (Lipinski definition) is 1. The molecule has 0 heterocycles. The highest BCUT2D eigenvalue weighted by Gasteiger charge is 2.38. The summed E-state index contributed by atoms with van der Waals surface area (Å²) in [5.41, 5.74) is 1.42. The van der Waals surface area contributed by atoms with E-state index in [4.69, 9.17) is 34.8 Å². The third-order valence-electron chi connectivity index (χ3n) is 4.05. The summed E-state index contributed by atoms with van der Waals surface area (Å²) in [7, 11) is 0. The van der Waals surface area contributed by atoms with E-state index in [1.807, 2.05) is 6.08 Å². The number of Topliss-reactive ketones (excluding diaryl/α,β-unsaturated/α-hetero) is 1. The van der Waals surface area contributed by atoms with Crippen molar-refractivity contribution in [3.63, 3.8) is 0 Å². The summed E-state index contributed by atoms with van der Waals surface area (Å²) in [6, 6.07) is 0. The van der Waals surface area contributed by atoms with Crippen molar-refractivity contribution in [2.75, 3.05) is 0 Å². The zero-order valence-corrected chi connectivity index (χ0v) is 12.8. The van der Waals surface area contributed by atoms with E-state index < -0.39 is 10.3 Å². The van der Waals surface area contributed by atoms with Crippen LogP contribution in [0.4, 0.5) is 0 Å². The van der Waals surface area contributed by atoms with Gasteiger partial charge in [-0.15, -0.1) is 0 Å². The Morgan fingerprint density at radius 3 is 2.26 bits per heavy atom. The number of carbonyl (C=O) groups is 1. The highest BCUT2D eigenvalue weighted by atomic mass is 35.5. The largest absolute Gasteiger partial charge is 0.357 e. The van der Waals surface area contributed by atoms with Gasteiger partial charge in [0, 0.05) is 11.0 Å². The third-order valence-corrected chi connectivity index (χ3v) is 4.74. The van der Waals surface area contributed by atoms with Crippen molar-refractivity contribution in [1.29, 1.82) is 0 Å². The van der Waals surface area contributed by atoms with Gasteiger partial charge in [-0.05, 0) is 50.5 Å². The lowest BCUT2D eigenvalue weighted by Gasteiger charge is -2.31. The molecule has 2 aliphatic rings. The molecule has 1 saturated carbocycles. The van der Waals surface area contributed by atoms with Crippen LogP contribution in [0.5, 0.6) is 0 Å². The first kappa shape index (κ1) is 15.4. The van der Waals surface area contributed by atoms with Crippen molar-refractivity contribution in [2.45, 2.75) is 43.0 Å². The Labute approximate surface area is 128 Å². The molecule has 1 fully saturated rings. The summed E-state index contributed by atoms with van der Waals surface area (Å²) >= 11 is 16.9. The first-order chi connectivity index (χ1) is 8.88. The van der Waals surface area contributed by atoms with E-state index in [9.17, 15) is 9.90 Å². The summed E-state index contributed by atoms with van der Waals surface area (Å²) in [5.74, 6) is -0.168. The minimum absolute atomic E-state index is 0.223. The van der Waals surface area contributed by atoms with E-state index in [0.29, 0.717) is 5.92 Å². The molecule has 2 aliphatic carbocycles. The molecule has 0 aromatic carbocycles. The second-order valence-corrected chi connectivity index (χ2v) is 7.08. The first-order valence-corrected chi connectivity index (χ1v) is 7.71. The van der Waals surface area contributed by atoms with Crippen LogP contribution < -0.4 is 0 Å². The highest BCUT2D eigenvalue weighted by Crippen LogP contribution is 2.39. The summed E-state index contributed by atoms with van der Waals surface area (Å²) < 4.78 is -2.24. The molecular formula is C14H17Cl3O2. The average Bonchev–Trinajstić information content (AvgIpc) is 2.38. The average molecular weight is 324 g/mol. The van der Waals surface area contributed by atoms with Gasteiger partial charge in [0.25, 0.3) is 4.52 Å². The molecule has 0 amide bonds. The molecule has 0 aliphatic heterocycles. The summed E-state index contributed by atoms with van der Waals surface area (Å²) in [6.07, 6.45) is 9.35. The number of allylic oxidation sites excluding steroid dienone is 4. The van der Waals surface area contributed by atoms with Crippen molar-refractivity contribution in [3.8, 4) is 0 Å². The zero-order valence-electron chi connectivity index (χ0n) is 10.5. The SMILES string of the molecule is O=C(C1CCC(C2=CC=C(Cl)CC2)CC1)C(O)(Cl)Cl. The van der Waals surface area contributed by atoms with E-state index in [1.165, 1.54) is 5.57 Å². The summed E-state index contributed by atoms with van der Waals surface area (Å²) in [6.45, 7) is 0. The van der Waals surface area contributed by atoms with Gasteiger partial charge >= 0.3 is 0 Å². The van der Waals surface area contributed by atoms with Crippen molar-refractivity contribution in [2.24, 2.45) is 11.8 Å². The van der Waals surface area contributed by atoms with Gasteiger partial charge in [0.15, 0.2) is 5.78 Å². The maximum atomic E-state index is 11.8. The molecule has 2 nitrogen and oxygen atoms in total. The van der Waals surface area contributed by atoms with Gasteiger partial charge in [0.2, 0.25) is 0 Å². The predicted octanol–water partition coefficient (Wildman–Crippen LogP) is 4.33. The maximum absolute atomic E-state index is 11.8. The molecule has 106 valence electrons. The van der Waals surface area contributed by atoms with Crippen LogP contribution in [0.25, 0.3) is 0 Å². The van der Waals surface area contributed by atoms with Gasteiger partial charge in [-0.2, -0.15) is 0 Å². The van der Waals surface area contributed by atoms with Gasteiger partial charge in [0.05, 0.1) is 0 Å². The van der Waals surface area contributed by atoms with Gasteiger partial charge in [-0.25, -0.2) is 0 Å². The summed E-state index contributed by atoms with van der Waals surface area (Å²) in [5, 5.41) is 10.2. The Morgan fingerprint density at radius 1 is 1.16 bits per heavy atom. The van der Waals surface area contributed by atoms with E-state index in [0.717, 1.165) is 43.6 Å². The lowest BCUT2D eigenvalue weighted by atomic mass is 9.75. The van der Waals surface area contributed by atoms with E-state index in [-0.39, 0.29) is 5.92 Å².